The number of carbonyl (C=O) groups excluding carboxylic acids is 2. The molecule has 0 fully saturated rings. The number of anilines is 1. The minimum Gasteiger partial charge on any atom is -0.481 e. The van der Waals surface area contributed by atoms with Crippen LogP contribution >= 0.6 is 0 Å². The van der Waals surface area contributed by atoms with Crippen molar-refractivity contribution < 1.29 is 24.2 Å². The SMILES string of the molecule is COCCN1C(=O)[C@@H](NC(=O)CC(=O)O)c2ccccc2-c2ccccc21. The second kappa shape index (κ2) is 8.01. The summed E-state index contributed by atoms with van der Waals surface area (Å²) in [6.07, 6.45) is -0.697. The van der Waals surface area contributed by atoms with Gasteiger partial charge in [-0.25, -0.2) is 0 Å². The predicted octanol–water partition coefficient (Wildman–Crippen LogP) is 1.98. The second-order valence-electron chi connectivity index (χ2n) is 6.16. The molecule has 2 amide bonds. The van der Waals surface area contributed by atoms with Crippen LogP contribution in [-0.2, 0) is 19.1 Å². The van der Waals surface area contributed by atoms with Crippen molar-refractivity contribution in [3.8, 4) is 11.1 Å². The van der Waals surface area contributed by atoms with E-state index in [1.165, 1.54) is 0 Å². The van der Waals surface area contributed by atoms with E-state index in [1.807, 2.05) is 36.4 Å². The van der Waals surface area contributed by atoms with Crippen molar-refractivity contribution in [1.29, 1.82) is 0 Å². The smallest absolute Gasteiger partial charge is 0.312 e. The third kappa shape index (κ3) is 3.83. The molecule has 7 heteroatoms. The van der Waals surface area contributed by atoms with Crippen LogP contribution < -0.4 is 10.2 Å². The molecule has 0 bridgehead atoms. The van der Waals surface area contributed by atoms with Crippen LogP contribution in [0, 0.1) is 0 Å². The summed E-state index contributed by atoms with van der Waals surface area (Å²) in [5.74, 6) is -2.29. The number of nitrogens with zero attached hydrogens (tertiary/aromatic N) is 1. The van der Waals surface area contributed by atoms with Gasteiger partial charge in [-0.3, -0.25) is 14.4 Å². The molecule has 0 saturated carbocycles. The van der Waals surface area contributed by atoms with Crippen LogP contribution in [-0.4, -0.2) is 43.2 Å². The van der Waals surface area contributed by atoms with Gasteiger partial charge in [0, 0.05) is 19.2 Å². The number of amides is 2. The van der Waals surface area contributed by atoms with Gasteiger partial charge in [-0.15, -0.1) is 0 Å². The highest BCUT2D eigenvalue weighted by atomic mass is 16.5. The molecular formula is C20H20N2O5. The number of hydrogen-bond acceptors (Lipinski definition) is 4. The minimum atomic E-state index is -1.25. The molecule has 1 aliphatic heterocycles. The number of methoxy groups -OCH3 is 1. The highest BCUT2D eigenvalue weighted by Crippen LogP contribution is 2.39. The van der Waals surface area contributed by atoms with Crippen molar-refractivity contribution in [3.63, 3.8) is 0 Å². The summed E-state index contributed by atoms with van der Waals surface area (Å²) in [6, 6.07) is 13.8. The quantitative estimate of drug-likeness (QED) is 0.760. The van der Waals surface area contributed by atoms with Crippen LogP contribution in [0.5, 0.6) is 0 Å². The summed E-state index contributed by atoms with van der Waals surface area (Å²) in [6.45, 7) is 0.637. The standard InChI is InChI=1S/C20H20N2O5/c1-27-11-10-22-16-9-5-4-7-14(16)13-6-2-3-8-15(13)19(20(22)26)21-17(23)12-18(24)25/h2-9,19H,10-12H2,1H3,(H,21,23)(H,24,25)/t19-/m0/s1. The molecule has 7 nitrogen and oxygen atoms in total. The van der Waals surface area contributed by atoms with Gasteiger partial charge in [0.05, 0.1) is 12.3 Å². The van der Waals surface area contributed by atoms with Gasteiger partial charge in [-0.2, -0.15) is 0 Å². The highest BCUT2D eigenvalue weighted by molar-refractivity contribution is 6.07. The summed E-state index contributed by atoms with van der Waals surface area (Å²) < 4.78 is 5.14. The van der Waals surface area contributed by atoms with E-state index in [9.17, 15) is 14.4 Å². The van der Waals surface area contributed by atoms with Crippen LogP contribution in [0.2, 0.25) is 0 Å². The van der Waals surface area contributed by atoms with Gasteiger partial charge in [0.1, 0.15) is 12.5 Å². The topological polar surface area (TPSA) is 95.9 Å². The van der Waals surface area contributed by atoms with Gasteiger partial charge < -0.3 is 20.1 Å². The second-order valence-corrected chi connectivity index (χ2v) is 6.16. The highest BCUT2D eigenvalue weighted by Gasteiger charge is 2.34. The van der Waals surface area contributed by atoms with Crippen molar-refractivity contribution >= 4 is 23.5 Å². The molecule has 1 aliphatic rings. The molecule has 1 heterocycles. The summed E-state index contributed by atoms with van der Waals surface area (Å²) in [5.41, 5.74) is 3.05. The van der Waals surface area contributed by atoms with Crippen molar-refractivity contribution in [2.75, 3.05) is 25.2 Å². The molecule has 0 aromatic heterocycles. The number of aliphatic carboxylic acids is 1. The number of carboxylic acid groups (broad SMARTS) is 1. The number of nitrogens with one attached hydrogen (secondary N) is 1. The average Bonchev–Trinajstić information content (AvgIpc) is 2.74. The van der Waals surface area contributed by atoms with Gasteiger partial charge in [-0.1, -0.05) is 42.5 Å². The molecule has 140 valence electrons. The zero-order valence-electron chi connectivity index (χ0n) is 14.8. The Morgan fingerprint density at radius 1 is 1.11 bits per heavy atom. The van der Waals surface area contributed by atoms with Crippen molar-refractivity contribution in [2.45, 2.75) is 12.5 Å². The van der Waals surface area contributed by atoms with E-state index < -0.39 is 24.3 Å². The van der Waals surface area contributed by atoms with Crippen LogP contribution in [0.25, 0.3) is 11.1 Å². The zero-order valence-corrected chi connectivity index (χ0v) is 14.8. The number of rotatable bonds is 6. The summed E-state index contributed by atoms with van der Waals surface area (Å²) in [7, 11) is 1.55. The molecule has 2 aromatic carbocycles. The number of hydrogen-bond donors (Lipinski definition) is 2. The van der Waals surface area contributed by atoms with Crippen LogP contribution in [0.1, 0.15) is 18.0 Å². The fourth-order valence-electron chi connectivity index (χ4n) is 3.24. The lowest BCUT2D eigenvalue weighted by Crippen LogP contribution is -2.44. The van der Waals surface area contributed by atoms with Crippen molar-refractivity contribution in [3.05, 3.63) is 54.1 Å². The van der Waals surface area contributed by atoms with Gasteiger partial charge in [0.25, 0.3) is 5.91 Å². The molecule has 1 atom stereocenters. The molecule has 0 radical (unpaired) electrons. The maximum absolute atomic E-state index is 13.3. The summed E-state index contributed by atoms with van der Waals surface area (Å²) in [4.78, 5) is 37.8. The Labute approximate surface area is 156 Å². The minimum absolute atomic E-state index is 0.311. The normalized spacial score (nSPS) is 15.5. The van der Waals surface area contributed by atoms with Crippen molar-refractivity contribution in [1.82, 2.24) is 5.32 Å². The Kier molecular flexibility index (Phi) is 5.52. The molecular weight excluding hydrogens is 348 g/mol. The van der Waals surface area contributed by atoms with Gasteiger partial charge in [-0.05, 0) is 17.2 Å². The molecule has 0 spiro atoms. The molecule has 2 aromatic rings. The Morgan fingerprint density at radius 3 is 2.48 bits per heavy atom. The van der Waals surface area contributed by atoms with E-state index in [2.05, 4.69) is 5.32 Å². The molecule has 27 heavy (non-hydrogen) atoms. The first-order valence-electron chi connectivity index (χ1n) is 8.52. The Balaban J connectivity index is 2.10. The fourth-order valence-corrected chi connectivity index (χ4v) is 3.24. The molecule has 2 N–H and O–H groups in total. The van der Waals surface area contributed by atoms with E-state index in [4.69, 9.17) is 9.84 Å². The van der Waals surface area contributed by atoms with Crippen molar-refractivity contribution in [2.24, 2.45) is 0 Å². The first kappa shape index (κ1) is 18.6. The molecule has 3 rings (SSSR count). The van der Waals surface area contributed by atoms with E-state index in [1.54, 1.807) is 24.1 Å². The number of ether oxygens (including phenoxy) is 1. The first-order valence-corrected chi connectivity index (χ1v) is 8.52. The van der Waals surface area contributed by atoms with E-state index >= 15 is 0 Å². The number of carbonyl (C=O) groups is 3. The molecule has 0 saturated heterocycles. The van der Waals surface area contributed by atoms with E-state index in [0.717, 1.165) is 16.8 Å². The van der Waals surface area contributed by atoms with E-state index in [-0.39, 0.29) is 5.91 Å². The van der Waals surface area contributed by atoms with Crippen LogP contribution in [0.3, 0.4) is 0 Å². The lowest BCUT2D eigenvalue weighted by Gasteiger charge is -2.26. The number of fused-ring (bicyclic) bond motifs is 3. The number of carboxylic acids is 1. The van der Waals surface area contributed by atoms with Gasteiger partial charge in [0.15, 0.2) is 0 Å². The third-order valence-electron chi connectivity index (χ3n) is 4.41. The lowest BCUT2D eigenvalue weighted by molar-refractivity contribution is -0.141. The Morgan fingerprint density at radius 2 is 1.78 bits per heavy atom. The lowest BCUT2D eigenvalue weighted by atomic mass is 9.95. The average molecular weight is 368 g/mol. The maximum atomic E-state index is 13.3. The first-order chi connectivity index (χ1) is 13.0. The third-order valence-corrected chi connectivity index (χ3v) is 4.41. The fraction of sp³-hybridized carbons (Fsp3) is 0.250. The molecule has 0 unspecified atom stereocenters. The summed E-state index contributed by atoms with van der Waals surface area (Å²) >= 11 is 0. The largest absolute Gasteiger partial charge is 0.481 e. The zero-order chi connectivity index (χ0) is 19.4. The van der Waals surface area contributed by atoms with Gasteiger partial charge >= 0.3 is 5.97 Å². The molecule has 0 aliphatic carbocycles. The number of para-hydroxylation sites is 1. The van der Waals surface area contributed by atoms with Crippen LogP contribution in [0.4, 0.5) is 5.69 Å². The monoisotopic (exact) mass is 368 g/mol. The predicted molar refractivity (Wildman–Crippen MR) is 99.2 cm³/mol. The van der Waals surface area contributed by atoms with Gasteiger partial charge in [0.2, 0.25) is 5.91 Å². The summed E-state index contributed by atoms with van der Waals surface area (Å²) in [5, 5.41) is 11.5. The maximum Gasteiger partial charge on any atom is 0.312 e. The van der Waals surface area contributed by atoms with E-state index in [0.29, 0.717) is 18.7 Å². The Bertz CT molecular complexity index is 880. The number of benzene rings is 2. The Hall–Kier alpha value is -3.19. The van der Waals surface area contributed by atoms with Crippen LogP contribution in [0.15, 0.2) is 48.5 Å².